The summed E-state index contributed by atoms with van der Waals surface area (Å²) in [4.78, 5) is 11.8. The highest BCUT2D eigenvalue weighted by Crippen LogP contribution is 2.27. The standard InChI is InChI=1S/C13H18N2O/c1-9-7-11(5-6-12(9)14-2)13(16)15-8-10-3-4-10/h5-7,10,14H,3-4,8H2,1-2H3,(H,15,16). The zero-order valence-electron chi connectivity index (χ0n) is 9.84. The van der Waals surface area contributed by atoms with Gasteiger partial charge in [-0.2, -0.15) is 0 Å². The molecule has 1 aromatic rings. The van der Waals surface area contributed by atoms with Crippen LogP contribution >= 0.6 is 0 Å². The molecule has 1 aliphatic rings. The van der Waals surface area contributed by atoms with Crippen LogP contribution in [0.5, 0.6) is 0 Å². The molecule has 1 saturated carbocycles. The van der Waals surface area contributed by atoms with Crippen LogP contribution in [-0.2, 0) is 0 Å². The van der Waals surface area contributed by atoms with E-state index in [-0.39, 0.29) is 5.91 Å². The SMILES string of the molecule is CNc1ccc(C(=O)NCC2CC2)cc1C. The van der Waals surface area contributed by atoms with Gasteiger partial charge >= 0.3 is 0 Å². The Hall–Kier alpha value is -1.51. The van der Waals surface area contributed by atoms with Crippen molar-refractivity contribution in [1.29, 1.82) is 0 Å². The maximum Gasteiger partial charge on any atom is 0.251 e. The Morgan fingerprint density at radius 1 is 1.44 bits per heavy atom. The summed E-state index contributed by atoms with van der Waals surface area (Å²) in [6, 6.07) is 5.73. The Kier molecular flexibility index (Phi) is 3.13. The number of aryl methyl sites for hydroxylation is 1. The summed E-state index contributed by atoms with van der Waals surface area (Å²) in [5, 5.41) is 6.06. The summed E-state index contributed by atoms with van der Waals surface area (Å²) in [6.45, 7) is 2.83. The van der Waals surface area contributed by atoms with E-state index in [4.69, 9.17) is 0 Å². The third-order valence-electron chi connectivity index (χ3n) is 3.01. The minimum Gasteiger partial charge on any atom is -0.388 e. The maximum absolute atomic E-state index is 11.8. The molecule has 0 aliphatic heterocycles. The molecule has 2 rings (SSSR count). The van der Waals surface area contributed by atoms with Crippen molar-refractivity contribution in [2.75, 3.05) is 18.9 Å². The predicted octanol–water partition coefficient (Wildman–Crippen LogP) is 2.18. The first-order valence-corrected chi connectivity index (χ1v) is 5.77. The average molecular weight is 218 g/mol. The molecule has 1 amide bonds. The van der Waals surface area contributed by atoms with Gasteiger partial charge in [0.1, 0.15) is 0 Å². The number of benzene rings is 1. The van der Waals surface area contributed by atoms with E-state index in [1.54, 1.807) is 0 Å². The Labute approximate surface area is 96.2 Å². The quantitative estimate of drug-likeness (QED) is 0.813. The molecule has 1 fully saturated rings. The number of anilines is 1. The van der Waals surface area contributed by atoms with Crippen molar-refractivity contribution in [2.24, 2.45) is 5.92 Å². The minimum absolute atomic E-state index is 0.0395. The van der Waals surface area contributed by atoms with Gasteiger partial charge in [0.05, 0.1) is 0 Å². The van der Waals surface area contributed by atoms with E-state index in [0.717, 1.165) is 29.3 Å². The van der Waals surface area contributed by atoms with Gasteiger partial charge in [0, 0.05) is 24.8 Å². The van der Waals surface area contributed by atoms with Crippen molar-refractivity contribution in [3.05, 3.63) is 29.3 Å². The topological polar surface area (TPSA) is 41.1 Å². The van der Waals surface area contributed by atoms with Crippen LogP contribution in [0, 0.1) is 12.8 Å². The Morgan fingerprint density at radius 3 is 2.75 bits per heavy atom. The van der Waals surface area contributed by atoms with Crippen LogP contribution in [0.2, 0.25) is 0 Å². The van der Waals surface area contributed by atoms with E-state index in [1.807, 2.05) is 32.2 Å². The van der Waals surface area contributed by atoms with Crippen molar-refractivity contribution in [3.8, 4) is 0 Å². The van der Waals surface area contributed by atoms with Gasteiger partial charge in [0.15, 0.2) is 0 Å². The second kappa shape index (κ2) is 4.56. The number of carbonyl (C=O) groups excluding carboxylic acids is 1. The van der Waals surface area contributed by atoms with Crippen molar-refractivity contribution >= 4 is 11.6 Å². The molecule has 0 saturated heterocycles. The van der Waals surface area contributed by atoms with Gasteiger partial charge in [0.2, 0.25) is 0 Å². The van der Waals surface area contributed by atoms with Gasteiger partial charge in [-0.15, -0.1) is 0 Å². The summed E-state index contributed by atoms with van der Waals surface area (Å²) >= 11 is 0. The van der Waals surface area contributed by atoms with Crippen LogP contribution in [-0.4, -0.2) is 19.5 Å². The molecule has 3 nitrogen and oxygen atoms in total. The zero-order chi connectivity index (χ0) is 11.5. The molecule has 0 aromatic heterocycles. The van der Waals surface area contributed by atoms with Gasteiger partial charge < -0.3 is 10.6 Å². The summed E-state index contributed by atoms with van der Waals surface area (Å²) in [5.41, 5.74) is 2.91. The lowest BCUT2D eigenvalue weighted by atomic mass is 10.1. The van der Waals surface area contributed by atoms with Crippen molar-refractivity contribution in [2.45, 2.75) is 19.8 Å². The van der Waals surface area contributed by atoms with Gasteiger partial charge in [0.25, 0.3) is 5.91 Å². The molecule has 0 bridgehead atoms. The van der Waals surface area contributed by atoms with E-state index in [2.05, 4.69) is 10.6 Å². The summed E-state index contributed by atoms with van der Waals surface area (Å²) in [6.07, 6.45) is 2.52. The van der Waals surface area contributed by atoms with Gasteiger partial charge in [-0.1, -0.05) is 0 Å². The van der Waals surface area contributed by atoms with Crippen LogP contribution in [0.1, 0.15) is 28.8 Å². The first-order valence-electron chi connectivity index (χ1n) is 5.77. The van der Waals surface area contributed by atoms with E-state index in [9.17, 15) is 4.79 Å². The normalized spacial score (nSPS) is 14.6. The first-order chi connectivity index (χ1) is 7.70. The minimum atomic E-state index is 0.0395. The lowest BCUT2D eigenvalue weighted by Gasteiger charge is -2.08. The molecule has 3 heteroatoms. The largest absolute Gasteiger partial charge is 0.388 e. The third kappa shape index (κ3) is 2.54. The second-order valence-electron chi connectivity index (χ2n) is 4.43. The van der Waals surface area contributed by atoms with Crippen LogP contribution in [0.15, 0.2) is 18.2 Å². The molecule has 0 radical (unpaired) electrons. The zero-order valence-corrected chi connectivity index (χ0v) is 9.84. The number of rotatable bonds is 4. The number of hydrogen-bond donors (Lipinski definition) is 2. The molecule has 1 aromatic carbocycles. The molecular formula is C13H18N2O. The Balaban J connectivity index is 2.01. The number of nitrogens with one attached hydrogen (secondary N) is 2. The Bertz CT molecular complexity index is 397. The van der Waals surface area contributed by atoms with Crippen molar-refractivity contribution in [3.63, 3.8) is 0 Å². The number of carbonyl (C=O) groups is 1. The Morgan fingerprint density at radius 2 is 2.19 bits per heavy atom. The molecule has 2 N–H and O–H groups in total. The highest BCUT2D eigenvalue weighted by Gasteiger charge is 2.21. The summed E-state index contributed by atoms with van der Waals surface area (Å²) in [7, 11) is 1.88. The second-order valence-corrected chi connectivity index (χ2v) is 4.43. The molecule has 86 valence electrons. The molecule has 0 unspecified atom stereocenters. The van der Waals surface area contributed by atoms with Crippen LogP contribution in [0.3, 0.4) is 0 Å². The lowest BCUT2D eigenvalue weighted by molar-refractivity contribution is 0.0952. The first kappa shape index (κ1) is 11.0. The lowest BCUT2D eigenvalue weighted by Crippen LogP contribution is -2.25. The fourth-order valence-electron chi connectivity index (χ4n) is 1.75. The third-order valence-corrected chi connectivity index (χ3v) is 3.01. The summed E-state index contributed by atoms with van der Waals surface area (Å²) in [5.74, 6) is 0.763. The fourth-order valence-corrected chi connectivity index (χ4v) is 1.75. The maximum atomic E-state index is 11.8. The van der Waals surface area contributed by atoms with Gasteiger partial charge in [-0.25, -0.2) is 0 Å². The molecule has 16 heavy (non-hydrogen) atoms. The molecular weight excluding hydrogens is 200 g/mol. The van der Waals surface area contributed by atoms with E-state index < -0.39 is 0 Å². The van der Waals surface area contributed by atoms with Crippen molar-refractivity contribution < 1.29 is 4.79 Å². The highest BCUT2D eigenvalue weighted by molar-refractivity contribution is 5.94. The highest BCUT2D eigenvalue weighted by atomic mass is 16.1. The fraction of sp³-hybridized carbons (Fsp3) is 0.462. The van der Waals surface area contributed by atoms with E-state index >= 15 is 0 Å². The van der Waals surface area contributed by atoms with Crippen LogP contribution < -0.4 is 10.6 Å². The van der Waals surface area contributed by atoms with Crippen molar-refractivity contribution in [1.82, 2.24) is 5.32 Å². The molecule has 0 heterocycles. The average Bonchev–Trinajstić information content (AvgIpc) is 3.09. The van der Waals surface area contributed by atoms with Crippen LogP contribution in [0.25, 0.3) is 0 Å². The van der Waals surface area contributed by atoms with Crippen LogP contribution in [0.4, 0.5) is 5.69 Å². The summed E-state index contributed by atoms with van der Waals surface area (Å²) < 4.78 is 0. The molecule has 0 atom stereocenters. The van der Waals surface area contributed by atoms with E-state index in [0.29, 0.717) is 0 Å². The predicted molar refractivity (Wildman–Crippen MR) is 65.8 cm³/mol. The van der Waals surface area contributed by atoms with E-state index in [1.165, 1.54) is 12.8 Å². The number of hydrogen-bond acceptors (Lipinski definition) is 2. The molecule has 1 aliphatic carbocycles. The van der Waals surface area contributed by atoms with Gasteiger partial charge in [-0.05, 0) is 49.4 Å². The molecule has 0 spiro atoms. The monoisotopic (exact) mass is 218 g/mol. The smallest absolute Gasteiger partial charge is 0.251 e. The number of amides is 1. The van der Waals surface area contributed by atoms with Gasteiger partial charge in [-0.3, -0.25) is 4.79 Å².